The first-order valence-electron chi connectivity index (χ1n) is 3.60. The fraction of sp³-hybridized carbons (Fsp3) is 0.375. The quantitative estimate of drug-likeness (QED) is 0.710. The number of aliphatic hydroxyl groups is 2. The Hall–Kier alpha value is -0.350. The Kier molecular flexibility index (Phi) is 3.37. The van der Waals surface area contributed by atoms with Gasteiger partial charge in [0.25, 0.3) is 0 Å². The predicted octanol–water partition coefficient (Wildman–Crippen LogP) is 1.15. The summed E-state index contributed by atoms with van der Waals surface area (Å²) in [4.78, 5) is 0. The van der Waals surface area contributed by atoms with Gasteiger partial charge in [-0.25, -0.2) is 0 Å². The van der Waals surface area contributed by atoms with Crippen molar-refractivity contribution in [3.63, 3.8) is 0 Å². The van der Waals surface area contributed by atoms with Crippen molar-refractivity contribution in [1.29, 1.82) is 5.26 Å². The minimum Gasteiger partial charge on any atom is -0.495 e. The Morgan fingerprint density at radius 1 is 1.64 bits per heavy atom. The number of aliphatic hydroxyl groups excluding tert-OH is 1. The fourth-order valence-corrected chi connectivity index (χ4v) is 2.77. The Bertz CT molecular complexity index is 358. The number of nitrogens with zero attached hydrogens (tertiary/aromatic N) is 1. The Morgan fingerprint density at radius 3 is 2.64 bits per heavy atom. The van der Waals surface area contributed by atoms with Crippen LogP contribution in [-0.4, -0.2) is 29.0 Å². The van der Waals surface area contributed by atoms with Gasteiger partial charge in [-0.1, -0.05) is 0 Å². The summed E-state index contributed by atoms with van der Waals surface area (Å²) in [5.41, 5.74) is -1.93. The molecule has 0 heterocycles. The number of halogens is 2. The van der Waals surface area contributed by atoms with Crippen molar-refractivity contribution >= 4 is 31.9 Å². The largest absolute Gasteiger partial charge is 0.495 e. The third-order valence-corrected chi connectivity index (χ3v) is 3.20. The van der Waals surface area contributed by atoms with Crippen molar-refractivity contribution in [3.8, 4) is 6.07 Å². The standard InChI is InChI=1S/C8H7Br2NO3/c1-14-6-4(9)2-8(13,3-11)7(12)5(6)10/h2,7,12-13H,1H3/t7-,8+/m1/s1. The van der Waals surface area contributed by atoms with Crippen LogP contribution in [0.3, 0.4) is 0 Å². The van der Waals surface area contributed by atoms with Crippen molar-refractivity contribution in [2.75, 3.05) is 7.11 Å². The molecule has 0 unspecified atom stereocenters. The van der Waals surface area contributed by atoms with Gasteiger partial charge in [-0.15, -0.1) is 0 Å². The van der Waals surface area contributed by atoms with Crippen LogP contribution in [0.2, 0.25) is 0 Å². The van der Waals surface area contributed by atoms with Gasteiger partial charge < -0.3 is 14.9 Å². The van der Waals surface area contributed by atoms with E-state index in [1.807, 2.05) is 0 Å². The van der Waals surface area contributed by atoms with Gasteiger partial charge in [0.1, 0.15) is 17.9 Å². The SMILES string of the molecule is COC1=C(Br)[C@@H](O)[C@@](O)(C#N)C=C1Br. The summed E-state index contributed by atoms with van der Waals surface area (Å²) < 4.78 is 5.61. The van der Waals surface area contributed by atoms with Gasteiger partial charge in [-0.3, -0.25) is 0 Å². The molecule has 0 amide bonds. The second kappa shape index (κ2) is 4.03. The molecule has 76 valence electrons. The molecule has 0 aromatic heterocycles. The molecule has 6 heteroatoms. The first kappa shape index (κ1) is 11.7. The third-order valence-electron chi connectivity index (χ3n) is 1.82. The average Bonchev–Trinajstić information content (AvgIpc) is 2.15. The van der Waals surface area contributed by atoms with E-state index >= 15 is 0 Å². The van der Waals surface area contributed by atoms with E-state index in [2.05, 4.69) is 31.9 Å². The molecular weight excluding hydrogens is 318 g/mol. The van der Waals surface area contributed by atoms with E-state index in [0.29, 0.717) is 10.2 Å². The smallest absolute Gasteiger partial charge is 0.202 e. The Morgan fingerprint density at radius 2 is 2.21 bits per heavy atom. The third kappa shape index (κ3) is 1.73. The van der Waals surface area contributed by atoms with Crippen LogP contribution in [0.15, 0.2) is 20.8 Å². The highest BCUT2D eigenvalue weighted by Gasteiger charge is 2.41. The molecule has 0 saturated carbocycles. The highest BCUT2D eigenvalue weighted by Crippen LogP contribution is 2.37. The van der Waals surface area contributed by atoms with Crippen molar-refractivity contribution < 1.29 is 14.9 Å². The van der Waals surface area contributed by atoms with Gasteiger partial charge >= 0.3 is 0 Å². The number of hydrogen-bond acceptors (Lipinski definition) is 4. The van der Waals surface area contributed by atoms with Crippen LogP contribution < -0.4 is 0 Å². The maximum absolute atomic E-state index is 9.67. The van der Waals surface area contributed by atoms with Gasteiger partial charge in [0, 0.05) is 0 Å². The van der Waals surface area contributed by atoms with E-state index in [4.69, 9.17) is 10.00 Å². The molecule has 14 heavy (non-hydrogen) atoms. The number of allylic oxidation sites excluding steroid dienone is 1. The number of nitriles is 1. The molecule has 0 aromatic rings. The molecule has 0 bridgehead atoms. The predicted molar refractivity (Wildman–Crippen MR) is 56.5 cm³/mol. The average molecular weight is 325 g/mol. The van der Waals surface area contributed by atoms with Gasteiger partial charge in [0.2, 0.25) is 5.60 Å². The van der Waals surface area contributed by atoms with E-state index in [0.717, 1.165) is 0 Å². The van der Waals surface area contributed by atoms with Gasteiger partial charge in [0.05, 0.1) is 16.1 Å². The molecular formula is C8H7Br2NO3. The fourth-order valence-electron chi connectivity index (χ4n) is 1.06. The second-order valence-electron chi connectivity index (χ2n) is 2.71. The summed E-state index contributed by atoms with van der Waals surface area (Å²) >= 11 is 6.19. The zero-order chi connectivity index (χ0) is 10.9. The molecule has 1 rings (SSSR count). The zero-order valence-corrected chi connectivity index (χ0v) is 10.3. The molecule has 1 aliphatic carbocycles. The van der Waals surface area contributed by atoms with E-state index in [9.17, 15) is 10.2 Å². The first-order valence-corrected chi connectivity index (χ1v) is 5.19. The zero-order valence-electron chi connectivity index (χ0n) is 7.16. The molecule has 4 nitrogen and oxygen atoms in total. The van der Waals surface area contributed by atoms with Crippen LogP contribution in [0.4, 0.5) is 0 Å². The van der Waals surface area contributed by atoms with Gasteiger partial charge in [-0.05, 0) is 37.9 Å². The van der Waals surface area contributed by atoms with Crippen LogP contribution in [-0.2, 0) is 4.74 Å². The number of ether oxygens (including phenoxy) is 1. The van der Waals surface area contributed by atoms with Crippen molar-refractivity contribution in [2.24, 2.45) is 0 Å². The number of methoxy groups -OCH3 is 1. The Balaban J connectivity index is 3.24. The van der Waals surface area contributed by atoms with Crippen LogP contribution in [0.25, 0.3) is 0 Å². The van der Waals surface area contributed by atoms with Crippen LogP contribution in [0.1, 0.15) is 0 Å². The molecule has 0 fully saturated rings. The van der Waals surface area contributed by atoms with E-state index in [1.54, 1.807) is 6.07 Å². The molecule has 0 aliphatic heterocycles. The number of hydrogen-bond donors (Lipinski definition) is 2. The van der Waals surface area contributed by atoms with E-state index in [-0.39, 0.29) is 4.48 Å². The monoisotopic (exact) mass is 323 g/mol. The number of rotatable bonds is 1. The summed E-state index contributed by atoms with van der Waals surface area (Å²) in [6.07, 6.45) is -0.148. The highest BCUT2D eigenvalue weighted by atomic mass is 79.9. The molecule has 0 radical (unpaired) electrons. The molecule has 2 atom stereocenters. The molecule has 1 aliphatic rings. The van der Waals surface area contributed by atoms with Crippen molar-refractivity contribution in [2.45, 2.75) is 11.7 Å². The van der Waals surface area contributed by atoms with Gasteiger partial charge in [0.15, 0.2) is 0 Å². The summed E-state index contributed by atoms with van der Waals surface area (Å²) in [5.74, 6) is 0.359. The second-order valence-corrected chi connectivity index (χ2v) is 4.42. The van der Waals surface area contributed by atoms with Crippen LogP contribution in [0, 0.1) is 11.3 Å². The lowest BCUT2D eigenvalue weighted by Gasteiger charge is -2.28. The van der Waals surface area contributed by atoms with Crippen molar-refractivity contribution in [3.05, 3.63) is 20.8 Å². The lowest BCUT2D eigenvalue weighted by Crippen LogP contribution is -2.42. The molecule has 2 N–H and O–H groups in total. The summed E-state index contributed by atoms with van der Waals surface area (Å²) in [7, 11) is 1.43. The van der Waals surface area contributed by atoms with E-state index < -0.39 is 11.7 Å². The van der Waals surface area contributed by atoms with Gasteiger partial charge in [-0.2, -0.15) is 5.26 Å². The normalized spacial score (nSPS) is 32.3. The Labute approximate surface area is 97.7 Å². The minimum atomic E-state index is -1.93. The lowest BCUT2D eigenvalue weighted by molar-refractivity contribution is 0.0217. The molecule has 0 spiro atoms. The first-order chi connectivity index (χ1) is 6.46. The minimum absolute atomic E-state index is 0.235. The highest BCUT2D eigenvalue weighted by molar-refractivity contribution is 9.12. The summed E-state index contributed by atoms with van der Waals surface area (Å²) in [6.45, 7) is 0. The maximum Gasteiger partial charge on any atom is 0.202 e. The summed E-state index contributed by atoms with van der Waals surface area (Å²) in [5, 5.41) is 28.0. The van der Waals surface area contributed by atoms with E-state index in [1.165, 1.54) is 13.2 Å². The van der Waals surface area contributed by atoms with Crippen LogP contribution in [0.5, 0.6) is 0 Å². The topological polar surface area (TPSA) is 73.5 Å². The summed E-state index contributed by atoms with van der Waals surface area (Å²) in [6, 6.07) is 1.61. The maximum atomic E-state index is 9.67. The lowest BCUT2D eigenvalue weighted by atomic mass is 9.93. The molecule has 0 aromatic carbocycles. The van der Waals surface area contributed by atoms with Crippen molar-refractivity contribution in [1.82, 2.24) is 0 Å². The molecule has 0 saturated heterocycles. The van der Waals surface area contributed by atoms with Crippen LogP contribution >= 0.6 is 31.9 Å².